The fourth-order valence-corrected chi connectivity index (χ4v) is 5.09. The summed E-state index contributed by atoms with van der Waals surface area (Å²) in [6.45, 7) is 2.27. The Morgan fingerprint density at radius 3 is 2.58 bits per heavy atom. The number of thioether (sulfide) groups is 1. The van der Waals surface area contributed by atoms with Crippen molar-refractivity contribution in [2.24, 2.45) is 0 Å². The van der Waals surface area contributed by atoms with Crippen molar-refractivity contribution in [2.45, 2.75) is 37.3 Å². The molecular weight excluding hydrogens is 346 g/mol. The largest absolute Gasteiger partial charge is 0.459 e. The van der Waals surface area contributed by atoms with Crippen LogP contribution in [-0.4, -0.2) is 33.4 Å². The summed E-state index contributed by atoms with van der Waals surface area (Å²) in [5, 5.41) is 0. The van der Waals surface area contributed by atoms with E-state index in [1.807, 2.05) is 49.4 Å². The smallest absolute Gasteiger partial charge is 0.330 e. The van der Waals surface area contributed by atoms with Crippen LogP contribution in [0, 0.1) is 0 Å². The summed E-state index contributed by atoms with van der Waals surface area (Å²) in [6, 6.07) is 17.7. The summed E-state index contributed by atoms with van der Waals surface area (Å²) in [5.41, 5.74) is 3.23. The van der Waals surface area contributed by atoms with E-state index in [1.54, 1.807) is 16.7 Å². The van der Waals surface area contributed by atoms with E-state index < -0.39 is 6.04 Å². The number of hydrogen-bond acceptors (Lipinski definition) is 4. The van der Waals surface area contributed by atoms with E-state index in [9.17, 15) is 9.59 Å². The molecular formula is C21H21NO3S. The third kappa shape index (κ3) is 3.12. The highest BCUT2D eigenvalue weighted by Gasteiger charge is 2.53. The average Bonchev–Trinajstić information content (AvgIpc) is 3.17. The average molecular weight is 367 g/mol. The molecule has 2 aromatic carbocycles. The van der Waals surface area contributed by atoms with Gasteiger partial charge < -0.3 is 9.64 Å². The van der Waals surface area contributed by atoms with Crippen molar-refractivity contribution in [3.63, 3.8) is 0 Å². The Morgan fingerprint density at radius 1 is 1.15 bits per heavy atom. The van der Waals surface area contributed by atoms with Gasteiger partial charge >= 0.3 is 5.97 Å². The van der Waals surface area contributed by atoms with Crippen LogP contribution in [0.1, 0.15) is 25.3 Å². The first-order chi connectivity index (χ1) is 12.6. The first-order valence-corrected chi connectivity index (χ1v) is 9.82. The Kier molecular flexibility index (Phi) is 4.49. The lowest BCUT2D eigenvalue weighted by atomic mass is 10.0. The van der Waals surface area contributed by atoms with Crippen molar-refractivity contribution in [1.82, 2.24) is 4.90 Å². The molecule has 2 aliphatic heterocycles. The topological polar surface area (TPSA) is 46.6 Å². The fraction of sp³-hybridized carbons (Fsp3) is 0.333. The van der Waals surface area contributed by atoms with Gasteiger partial charge in [0.25, 0.3) is 0 Å². The van der Waals surface area contributed by atoms with E-state index in [-0.39, 0.29) is 23.4 Å². The molecule has 0 spiro atoms. The molecule has 2 atom stereocenters. The van der Waals surface area contributed by atoms with Crippen LogP contribution in [0.25, 0.3) is 11.1 Å². The molecule has 2 saturated heterocycles. The molecule has 0 unspecified atom stereocenters. The Labute approximate surface area is 157 Å². The Bertz CT molecular complexity index is 821. The zero-order chi connectivity index (χ0) is 18.1. The van der Waals surface area contributed by atoms with E-state index in [1.165, 1.54) is 0 Å². The Hall–Kier alpha value is -2.27. The molecule has 4 rings (SSSR count). The summed E-state index contributed by atoms with van der Waals surface area (Å²) in [7, 11) is 0. The molecule has 0 radical (unpaired) electrons. The van der Waals surface area contributed by atoms with Crippen LogP contribution in [0.15, 0.2) is 54.6 Å². The van der Waals surface area contributed by atoms with Crippen molar-refractivity contribution in [3.05, 3.63) is 60.2 Å². The summed E-state index contributed by atoms with van der Waals surface area (Å²) in [4.78, 5) is 26.1. The van der Waals surface area contributed by atoms with Crippen molar-refractivity contribution < 1.29 is 14.3 Å². The number of esters is 1. The summed E-state index contributed by atoms with van der Waals surface area (Å²) >= 11 is 1.68. The lowest BCUT2D eigenvalue weighted by Gasteiger charge is -2.29. The SMILES string of the molecule is C[C@@]12CCC(=O)N1[C@@H](C(=O)OCc1ccc(-c3ccccc3)cc1)CS2. The molecule has 2 aliphatic rings. The molecule has 0 aromatic heterocycles. The van der Waals surface area contributed by atoms with Crippen molar-refractivity contribution in [2.75, 3.05) is 5.75 Å². The van der Waals surface area contributed by atoms with Crippen molar-refractivity contribution in [3.8, 4) is 11.1 Å². The number of rotatable bonds is 4. The molecule has 2 aromatic rings. The third-order valence-corrected chi connectivity index (χ3v) is 6.66. The Balaban J connectivity index is 1.38. The van der Waals surface area contributed by atoms with Crippen LogP contribution in [0.3, 0.4) is 0 Å². The van der Waals surface area contributed by atoms with Gasteiger partial charge in [0.1, 0.15) is 12.6 Å². The number of ether oxygens (including phenoxy) is 1. The normalized spacial score (nSPS) is 24.6. The van der Waals surface area contributed by atoms with Gasteiger partial charge in [0.2, 0.25) is 5.91 Å². The first-order valence-electron chi connectivity index (χ1n) is 8.84. The lowest BCUT2D eigenvalue weighted by molar-refractivity contribution is -0.154. The highest BCUT2D eigenvalue weighted by Crippen LogP contribution is 2.47. The number of amides is 1. The number of benzene rings is 2. The van der Waals surface area contributed by atoms with Crippen LogP contribution in [-0.2, 0) is 20.9 Å². The van der Waals surface area contributed by atoms with E-state index in [0.717, 1.165) is 23.1 Å². The molecule has 5 heteroatoms. The minimum atomic E-state index is -0.455. The van der Waals surface area contributed by atoms with Gasteiger partial charge in [-0.05, 0) is 30.0 Å². The second-order valence-electron chi connectivity index (χ2n) is 6.94. The number of nitrogens with zero attached hydrogens (tertiary/aromatic N) is 1. The summed E-state index contributed by atoms with van der Waals surface area (Å²) in [6.07, 6.45) is 1.33. The minimum Gasteiger partial charge on any atom is -0.459 e. The van der Waals surface area contributed by atoms with Crippen molar-refractivity contribution in [1.29, 1.82) is 0 Å². The Morgan fingerprint density at radius 2 is 1.85 bits per heavy atom. The fourth-order valence-electron chi connectivity index (χ4n) is 3.67. The van der Waals surface area contributed by atoms with Crippen LogP contribution in [0.4, 0.5) is 0 Å². The first kappa shape index (κ1) is 17.2. The van der Waals surface area contributed by atoms with Gasteiger partial charge in [-0.25, -0.2) is 4.79 Å². The summed E-state index contributed by atoms with van der Waals surface area (Å²) in [5.74, 6) is 0.379. The monoisotopic (exact) mass is 367 g/mol. The van der Waals surface area contributed by atoms with E-state index in [4.69, 9.17) is 4.74 Å². The third-order valence-electron chi connectivity index (χ3n) is 5.16. The molecule has 2 fully saturated rings. The van der Waals surface area contributed by atoms with Gasteiger partial charge in [0.15, 0.2) is 0 Å². The molecule has 0 bridgehead atoms. The maximum Gasteiger partial charge on any atom is 0.330 e. The number of fused-ring (bicyclic) bond motifs is 1. The second-order valence-corrected chi connectivity index (χ2v) is 8.44. The van der Waals surface area contributed by atoms with E-state index >= 15 is 0 Å². The predicted octanol–water partition coefficient (Wildman–Crippen LogP) is 3.85. The van der Waals surface area contributed by atoms with Crippen LogP contribution < -0.4 is 0 Å². The highest BCUT2D eigenvalue weighted by atomic mass is 32.2. The second kappa shape index (κ2) is 6.80. The van der Waals surface area contributed by atoms with Crippen LogP contribution in [0.5, 0.6) is 0 Å². The zero-order valence-corrected chi connectivity index (χ0v) is 15.5. The molecule has 2 heterocycles. The standard InChI is InChI=1S/C21H21NO3S/c1-21-12-11-19(23)22(21)18(14-26-21)20(24)25-13-15-7-9-17(10-8-15)16-5-3-2-4-6-16/h2-10,18H,11-14H2,1H3/t18-,21-/m1/s1. The highest BCUT2D eigenvalue weighted by molar-refractivity contribution is 8.01. The number of carbonyl (C=O) groups is 2. The minimum absolute atomic E-state index is 0.0617. The molecule has 0 saturated carbocycles. The molecule has 1 amide bonds. The zero-order valence-electron chi connectivity index (χ0n) is 14.7. The number of carbonyl (C=O) groups excluding carboxylic acids is 2. The predicted molar refractivity (Wildman–Crippen MR) is 102 cm³/mol. The van der Waals surface area contributed by atoms with E-state index in [2.05, 4.69) is 12.1 Å². The maximum atomic E-state index is 12.5. The van der Waals surface area contributed by atoms with Gasteiger partial charge in [-0.3, -0.25) is 4.79 Å². The van der Waals surface area contributed by atoms with Gasteiger partial charge in [0.05, 0.1) is 4.87 Å². The quantitative estimate of drug-likeness (QED) is 0.770. The van der Waals surface area contributed by atoms with Gasteiger partial charge in [0, 0.05) is 12.2 Å². The van der Waals surface area contributed by atoms with Gasteiger partial charge in [-0.1, -0.05) is 54.6 Å². The molecule has 26 heavy (non-hydrogen) atoms. The van der Waals surface area contributed by atoms with E-state index in [0.29, 0.717) is 12.2 Å². The maximum absolute atomic E-state index is 12.5. The molecule has 134 valence electrons. The number of hydrogen-bond donors (Lipinski definition) is 0. The van der Waals surface area contributed by atoms with Gasteiger partial charge in [-0.15, -0.1) is 11.8 Å². The molecule has 0 aliphatic carbocycles. The summed E-state index contributed by atoms with van der Waals surface area (Å²) < 4.78 is 5.51. The lowest BCUT2D eigenvalue weighted by Crippen LogP contribution is -2.46. The molecule has 4 nitrogen and oxygen atoms in total. The molecule has 0 N–H and O–H groups in total. The van der Waals surface area contributed by atoms with Gasteiger partial charge in [-0.2, -0.15) is 0 Å². The van der Waals surface area contributed by atoms with Crippen molar-refractivity contribution >= 4 is 23.6 Å². The van der Waals surface area contributed by atoms with Crippen LogP contribution in [0.2, 0.25) is 0 Å². The van der Waals surface area contributed by atoms with Crippen LogP contribution >= 0.6 is 11.8 Å².